The van der Waals surface area contributed by atoms with Crippen LogP contribution >= 0.6 is 0 Å². The lowest BCUT2D eigenvalue weighted by molar-refractivity contribution is -0.384. The first-order chi connectivity index (χ1) is 15.7. The van der Waals surface area contributed by atoms with Crippen LogP contribution in [0.1, 0.15) is 23.6 Å². The van der Waals surface area contributed by atoms with Gasteiger partial charge in [0.25, 0.3) is 11.2 Å². The Hall–Kier alpha value is -4.21. The average molecular weight is 453 g/mol. The summed E-state index contributed by atoms with van der Waals surface area (Å²) in [5.41, 5.74) is -0.188. The van der Waals surface area contributed by atoms with Crippen molar-refractivity contribution in [3.8, 4) is 11.3 Å². The molecule has 4 aromatic rings. The van der Waals surface area contributed by atoms with E-state index in [1.807, 2.05) is 0 Å². The first kappa shape index (κ1) is 20.7. The Balaban J connectivity index is 1.54. The van der Waals surface area contributed by atoms with Gasteiger partial charge in [-0.3, -0.25) is 19.5 Å². The van der Waals surface area contributed by atoms with Crippen LogP contribution in [-0.2, 0) is 12.7 Å². The van der Waals surface area contributed by atoms with Gasteiger partial charge in [-0.05, 0) is 42.8 Å². The van der Waals surface area contributed by atoms with Crippen LogP contribution in [-0.4, -0.2) is 14.5 Å². The van der Waals surface area contributed by atoms with E-state index in [4.69, 9.17) is 4.42 Å². The highest BCUT2D eigenvalue weighted by Gasteiger charge is 2.31. The number of allylic oxidation sites excluding steroid dienone is 1. The van der Waals surface area contributed by atoms with E-state index < -0.39 is 22.2 Å². The summed E-state index contributed by atoms with van der Waals surface area (Å²) >= 11 is 0. The molecule has 7 nitrogen and oxygen atoms in total. The van der Waals surface area contributed by atoms with Crippen molar-refractivity contribution in [1.29, 1.82) is 0 Å². The number of halogens is 3. The molecule has 0 saturated carbocycles. The van der Waals surface area contributed by atoms with Crippen molar-refractivity contribution in [3.63, 3.8) is 0 Å². The van der Waals surface area contributed by atoms with Gasteiger partial charge in [-0.15, -0.1) is 0 Å². The number of aromatic nitrogens is 2. The second-order valence-corrected chi connectivity index (χ2v) is 7.55. The zero-order chi connectivity index (χ0) is 23.3. The monoisotopic (exact) mass is 453 g/mol. The number of nitrogens with zero attached hydrogens (tertiary/aromatic N) is 3. The van der Waals surface area contributed by atoms with Gasteiger partial charge < -0.3 is 4.42 Å². The molecule has 0 bridgehead atoms. The molecule has 0 spiro atoms. The van der Waals surface area contributed by atoms with Gasteiger partial charge >= 0.3 is 6.18 Å². The minimum absolute atomic E-state index is 0.0226. The predicted molar refractivity (Wildman–Crippen MR) is 114 cm³/mol. The fraction of sp³-hybridized carbons (Fsp3) is 0.130. The van der Waals surface area contributed by atoms with Crippen LogP contribution < -0.4 is 5.56 Å². The zero-order valence-electron chi connectivity index (χ0n) is 16.8. The Labute approximate surface area is 183 Å². The highest BCUT2D eigenvalue weighted by Crippen LogP contribution is 2.33. The quantitative estimate of drug-likeness (QED) is 0.301. The Morgan fingerprint density at radius 3 is 2.70 bits per heavy atom. The van der Waals surface area contributed by atoms with Gasteiger partial charge in [0.15, 0.2) is 0 Å². The lowest BCUT2D eigenvalue weighted by Gasteiger charge is -2.09. The second-order valence-electron chi connectivity index (χ2n) is 7.55. The Morgan fingerprint density at radius 2 is 1.94 bits per heavy atom. The van der Waals surface area contributed by atoms with Gasteiger partial charge in [-0.25, -0.2) is 4.98 Å². The van der Waals surface area contributed by atoms with Crippen molar-refractivity contribution in [2.45, 2.75) is 19.1 Å². The van der Waals surface area contributed by atoms with E-state index in [1.54, 1.807) is 30.3 Å². The molecule has 10 heteroatoms. The molecular formula is C23H14F3N3O4. The van der Waals surface area contributed by atoms with Crippen molar-refractivity contribution >= 4 is 28.2 Å². The molecule has 0 fully saturated rings. The number of benzene rings is 2. The number of fused-ring (bicyclic) bond motifs is 2. The van der Waals surface area contributed by atoms with Gasteiger partial charge in [-0.1, -0.05) is 12.1 Å². The molecule has 3 heterocycles. The number of rotatable bonds is 3. The highest BCUT2D eigenvalue weighted by atomic mass is 19.4. The summed E-state index contributed by atoms with van der Waals surface area (Å²) in [4.78, 5) is 27.6. The minimum atomic E-state index is -4.54. The van der Waals surface area contributed by atoms with Crippen molar-refractivity contribution in [3.05, 3.63) is 92.2 Å². The Kier molecular flexibility index (Phi) is 4.66. The standard InChI is InChI=1S/C23H14F3N3O4/c24-23(25,26)15-4-6-18-19(12-15)27-21-14(8-9-28(21)22(18)30)11-17-5-7-20(33-17)13-2-1-3-16(10-13)29(31)32/h1-7,10-12H,8-9H2/b14-11-. The van der Waals surface area contributed by atoms with Gasteiger partial charge in [0.05, 0.1) is 21.4 Å². The van der Waals surface area contributed by atoms with Gasteiger partial charge in [0.1, 0.15) is 17.3 Å². The smallest absolute Gasteiger partial charge is 0.416 e. The maximum Gasteiger partial charge on any atom is 0.416 e. The van der Waals surface area contributed by atoms with E-state index in [-0.39, 0.29) is 16.6 Å². The van der Waals surface area contributed by atoms with Crippen molar-refractivity contribution < 1.29 is 22.5 Å². The maximum atomic E-state index is 13.1. The Morgan fingerprint density at radius 1 is 1.12 bits per heavy atom. The first-order valence-corrected chi connectivity index (χ1v) is 9.88. The summed E-state index contributed by atoms with van der Waals surface area (Å²) in [6.45, 7) is 0.350. The summed E-state index contributed by atoms with van der Waals surface area (Å²) in [6, 6.07) is 12.2. The first-order valence-electron chi connectivity index (χ1n) is 9.88. The molecule has 2 aromatic carbocycles. The molecule has 0 atom stereocenters. The highest BCUT2D eigenvalue weighted by molar-refractivity contribution is 5.84. The summed E-state index contributed by atoms with van der Waals surface area (Å²) < 4.78 is 46.5. The number of nitro groups is 1. The van der Waals surface area contributed by atoms with Crippen LogP contribution in [0.5, 0.6) is 0 Å². The van der Waals surface area contributed by atoms with Crippen LogP contribution in [0, 0.1) is 10.1 Å². The number of furan rings is 1. The van der Waals surface area contributed by atoms with Gasteiger partial charge in [-0.2, -0.15) is 13.2 Å². The lowest BCUT2D eigenvalue weighted by Crippen LogP contribution is -2.21. The molecular weight excluding hydrogens is 439 g/mol. The second kappa shape index (κ2) is 7.44. The normalized spacial score (nSPS) is 14.7. The van der Waals surface area contributed by atoms with E-state index in [0.717, 1.165) is 18.2 Å². The van der Waals surface area contributed by atoms with Gasteiger partial charge in [0, 0.05) is 29.8 Å². The van der Waals surface area contributed by atoms with Crippen LogP contribution in [0.15, 0.2) is 63.8 Å². The van der Waals surface area contributed by atoms with Crippen LogP contribution in [0.25, 0.3) is 33.9 Å². The topological polar surface area (TPSA) is 91.2 Å². The number of nitro benzene ring substituents is 1. The molecule has 0 unspecified atom stereocenters. The van der Waals surface area contributed by atoms with E-state index in [0.29, 0.717) is 41.4 Å². The van der Waals surface area contributed by atoms with Gasteiger partial charge in [0.2, 0.25) is 0 Å². The zero-order valence-corrected chi connectivity index (χ0v) is 16.8. The Bertz CT molecular complexity index is 1520. The largest absolute Gasteiger partial charge is 0.457 e. The predicted octanol–water partition coefficient (Wildman–Crippen LogP) is 5.53. The lowest BCUT2D eigenvalue weighted by atomic mass is 10.1. The average Bonchev–Trinajstić information content (AvgIpc) is 3.41. The molecule has 1 aliphatic heterocycles. The van der Waals surface area contributed by atoms with Crippen molar-refractivity contribution in [1.82, 2.24) is 9.55 Å². The third-order valence-corrected chi connectivity index (χ3v) is 5.46. The molecule has 33 heavy (non-hydrogen) atoms. The molecule has 1 aliphatic rings. The fourth-order valence-corrected chi connectivity index (χ4v) is 3.86. The summed E-state index contributed by atoms with van der Waals surface area (Å²) in [6.07, 6.45) is -2.41. The summed E-state index contributed by atoms with van der Waals surface area (Å²) in [5, 5.41) is 11.1. The molecule has 2 aromatic heterocycles. The fourth-order valence-electron chi connectivity index (χ4n) is 3.86. The molecule has 0 N–H and O–H groups in total. The maximum absolute atomic E-state index is 13.1. The third-order valence-electron chi connectivity index (χ3n) is 5.46. The molecule has 0 aliphatic carbocycles. The molecule has 0 radical (unpaired) electrons. The molecule has 0 saturated heterocycles. The molecule has 0 amide bonds. The van der Waals surface area contributed by atoms with E-state index >= 15 is 0 Å². The third kappa shape index (κ3) is 3.69. The van der Waals surface area contributed by atoms with Crippen molar-refractivity contribution in [2.24, 2.45) is 0 Å². The molecule has 166 valence electrons. The SMILES string of the molecule is O=c1c2ccc(C(F)(F)F)cc2nc2n1CC/C2=C/c1ccc(-c2cccc([N+](=O)[O-])c2)o1. The van der Waals surface area contributed by atoms with E-state index in [1.165, 1.54) is 16.7 Å². The van der Waals surface area contributed by atoms with Crippen LogP contribution in [0.2, 0.25) is 0 Å². The summed E-state index contributed by atoms with van der Waals surface area (Å²) in [7, 11) is 0. The van der Waals surface area contributed by atoms with Crippen LogP contribution in [0.3, 0.4) is 0 Å². The van der Waals surface area contributed by atoms with E-state index in [2.05, 4.69) is 4.98 Å². The van der Waals surface area contributed by atoms with E-state index in [9.17, 15) is 28.1 Å². The van der Waals surface area contributed by atoms with Crippen molar-refractivity contribution in [2.75, 3.05) is 0 Å². The molecule has 5 rings (SSSR count). The van der Waals surface area contributed by atoms with Crippen LogP contribution in [0.4, 0.5) is 18.9 Å². The number of hydrogen-bond donors (Lipinski definition) is 0. The number of hydrogen-bond acceptors (Lipinski definition) is 5. The number of non-ortho nitro benzene ring substituents is 1. The summed E-state index contributed by atoms with van der Waals surface area (Å²) in [5.74, 6) is 1.14. The minimum Gasteiger partial charge on any atom is -0.457 e. The number of alkyl halides is 3.